The summed E-state index contributed by atoms with van der Waals surface area (Å²) in [6, 6.07) is 12.2. The minimum absolute atomic E-state index is 0.0470. The summed E-state index contributed by atoms with van der Waals surface area (Å²) in [5.74, 6) is 0.0111. The van der Waals surface area contributed by atoms with Gasteiger partial charge in [-0.1, -0.05) is 12.1 Å². The van der Waals surface area contributed by atoms with Gasteiger partial charge in [-0.2, -0.15) is 0 Å². The second kappa shape index (κ2) is 8.70. The number of aromatic nitrogens is 2. The monoisotopic (exact) mass is 436 g/mol. The van der Waals surface area contributed by atoms with E-state index in [2.05, 4.69) is 10.3 Å². The molecule has 2 heterocycles. The maximum absolute atomic E-state index is 14.6. The van der Waals surface area contributed by atoms with Crippen molar-refractivity contribution in [3.63, 3.8) is 0 Å². The van der Waals surface area contributed by atoms with E-state index in [0.29, 0.717) is 60.8 Å². The Bertz CT molecular complexity index is 1220. The maximum Gasteiger partial charge on any atom is 0.261 e. The number of para-hydroxylation sites is 1. The molecule has 8 heteroatoms. The van der Waals surface area contributed by atoms with E-state index >= 15 is 0 Å². The number of rotatable bonds is 6. The number of morpholine rings is 1. The molecule has 166 valence electrons. The van der Waals surface area contributed by atoms with Gasteiger partial charge < -0.3 is 15.0 Å². The molecule has 1 amide bonds. The highest BCUT2D eigenvalue weighted by molar-refractivity contribution is 5.91. The largest absolute Gasteiger partial charge is 0.378 e. The SMILES string of the molecule is O=C(CCc1nc2ccccc2c(=O)n1C1CC1)Nc1ccc(N2CCOCC2)c(F)c1. The van der Waals surface area contributed by atoms with Crippen molar-refractivity contribution in [2.24, 2.45) is 0 Å². The predicted molar refractivity (Wildman–Crippen MR) is 121 cm³/mol. The molecule has 1 saturated heterocycles. The molecule has 1 saturated carbocycles. The molecular formula is C24H25FN4O3. The van der Waals surface area contributed by atoms with E-state index < -0.39 is 0 Å². The molecule has 2 fully saturated rings. The lowest BCUT2D eigenvalue weighted by molar-refractivity contribution is -0.116. The summed E-state index contributed by atoms with van der Waals surface area (Å²) in [4.78, 5) is 32.1. The lowest BCUT2D eigenvalue weighted by Gasteiger charge is -2.29. The van der Waals surface area contributed by atoms with E-state index in [1.165, 1.54) is 6.07 Å². The quantitative estimate of drug-likeness (QED) is 0.642. The zero-order chi connectivity index (χ0) is 22.1. The lowest BCUT2D eigenvalue weighted by atomic mass is 10.2. The molecule has 0 radical (unpaired) electrons. The predicted octanol–water partition coefficient (Wildman–Crippen LogP) is 3.28. The first-order valence-corrected chi connectivity index (χ1v) is 11.0. The summed E-state index contributed by atoms with van der Waals surface area (Å²) in [5, 5.41) is 3.36. The van der Waals surface area contributed by atoms with Crippen LogP contribution in [-0.2, 0) is 16.0 Å². The Morgan fingerprint density at radius 2 is 1.94 bits per heavy atom. The molecule has 2 aliphatic rings. The fourth-order valence-electron chi connectivity index (χ4n) is 4.17. The van der Waals surface area contributed by atoms with Crippen molar-refractivity contribution in [1.29, 1.82) is 0 Å². The topological polar surface area (TPSA) is 76.5 Å². The molecule has 0 atom stereocenters. The Kier molecular flexibility index (Phi) is 5.61. The van der Waals surface area contributed by atoms with Gasteiger partial charge in [-0.15, -0.1) is 0 Å². The number of anilines is 2. The first kappa shape index (κ1) is 20.6. The smallest absolute Gasteiger partial charge is 0.261 e. The number of aryl methyl sites for hydroxylation is 1. The molecule has 0 unspecified atom stereocenters. The Labute approximate surface area is 184 Å². The Hall–Kier alpha value is -3.26. The number of carbonyl (C=O) groups excluding carboxylic acids is 1. The maximum atomic E-state index is 14.6. The summed E-state index contributed by atoms with van der Waals surface area (Å²) in [6.07, 6.45) is 2.41. The van der Waals surface area contributed by atoms with Crippen molar-refractivity contribution in [2.45, 2.75) is 31.7 Å². The van der Waals surface area contributed by atoms with Crippen LogP contribution < -0.4 is 15.8 Å². The van der Waals surface area contributed by atoms with Gasteiger partial charge in [0.1, 0.15) is 11.6 Å². The van der Waals surface area contributed by atoms with Gasteiger partial charge in [0.05, 0.1) is 29.8 Å². The van der Waals surface area contributed by atoms with Crippen LogP contribution in [0.2, 0.25) is 0 Å². The van der Waals surface area contributed by atoms with Crippen LogP contribution in [0.3, 0.4) is 0 Å². The fraction of sp³-hybridized carbons (Fsp3) is 0.375. The van der Waals surface area contributed by atoms with Crippen LogP contribution >= 0.6 is 0 Å². The molecule has 0 bridgehead atoms. The number of amides is 1. The Morgan fingerprint density at radius 1 is 1.16 bits per heavy atom. The number of nitrogens with zero attached hydrogens (tertiary/aromatic N) is 3. The molecule has 1 N–H and O–H groups in total. The van der Waals surface area contributed by atoms with E-state index in [1.54, 1.807) is 22.8 Å². The third-order valence-electron chi connectivity index (χ3n) is 5.95. The normalized spacial score (nSPS) is 16.3. The van der Waals surface area contributed by atoms with E-state index in [1.807, 2.05) is 23.1 Å². The number of halogens is 1. The highest BCUT2D eigenvalue weighted by atomic mass is 19.1. The van der Waals surface area contributed by atoms with Gasteiger partial charge in [0, 0.05) is 37.7 Å². The fourth-order valence-corrected chi connectivity index (χ4v) is 4.17. The Morgan fingerprint density at radius 3 is 2.69 bits per heavy atom. The number of ether oxygens (including phenoxy) is 1. The minimum Gasteiger partial charge on any atom is -0.378 e. The van der Waals surface area contributed by atoms with Gasteiger partial charge in [0.2, 0.25) is 5.91 Å². The van der Waals surface area contributed by atoms with E-state index in [0.717, 1.165) is 12.8 Å². The van der Waals surface area contributed by atoms with Crippen LogP contribution in [0.25, 0.3) is 10.9 Å². The zero-order valence-electron chi connectivity index (χ0n) is 17.7. The number of fused-ring (bicyclic) bond motifs is 1. The van der Waals surface area contributed by atoms with Crippen LogP contribution in [0.5, 0.6) is 0 Å². The van der Waals surface area contributed by atoms with Crippen molar-refractivity contribution < 1.29 is 13.9 Å². The van der Waals surface area contributed by atoms with E-state index in [4.69, 9.17) is 4.74 Å². The summed E-state index contributed by atoms with van der Waals surface area (Å²) in [5.41, 5.74) is 1.52. The van der Waals surface area contributed by atoms with Crippen LogP contribution in [0.1, 0.15) is 31.1 Å². The zero-order valence-corrected chi connectivity index (χ0v) is 17.7. The molecule has 1 aliphatic heterocycles. The summed E-state index contributed by atoms with van der Waals surface area (Å²) in [7, 11) is 0. The molecule has 2 aromatic carbocycles. The van der Waals surface area contributed by atoms with Gasteiger partial charge in [-0.3, -0.25) is 14.2 Å². The Balaban J connectivity index is 1.28. The van der Waals surface area contributed by atoms with Crippen molar-refractivity contribution in [1.82, 2.24) is 9.55 Å². The van der Waals surface area contributed by atoms with Crippen molar-refractivity contribution in [3.8, 4) is 0 Å². The molecule has 7 nitrogen and oxygen atoms in total. The lowest BCUT2D eigenvalue weighted by Crippen LogP contribution is -2.36. The molecule has 32 heavy (non-hydrogen) atoms. The summed E-state index contributed by atoms with van der Waals surface area (Å²) < 4.78 is 21.6. The second-order valence-corrected chi connectivity index (χ2v) is 8.27. The van der Waals surface area contributed by atoms with Gasteiger partial charge in [0.25, 0.3) is 5.56 Å². The molecule has 3 aromatic rings. The summed E-state index contributed by atoms with van der Waals surface area (Å²) >= 11 is 0. The van der Waals surface area contributed by atoms with Crippen molar-refractivity contribution >= 4 is 28.2 Å². The van der Waals surface area contributed by atoms with Crippen molar-refractivity contribution in [3.05, 3.63) is 64.5 Å². The average Bonchev–Trinajstić information content (AvgIpc) is 3.63. The van der Waals surface area contributed by atoms with Gasteiger partial charge in [0.15, 0.2) is 0 Å². The first-order valence-electron chi connectivity index (χ1n) is 11.0. The number of nitrogens with one attached hydrogen (secondary N) is 1. The third kappa shape index (κ3) is 4.23. The second-order valence-electron chi connectivity index (χ2n) is 8.27. The van der Waals surface area contributed by atoms with Crippen LogP contribution in [0, 0.1) is 5.82 Å². The van der Waals surface area contributed by atoms with Crippen molar-refractivity contribution in [2.75, 3.05) is 36.5 Å². The number of carbonyl (C=O) groups is 1. The standard InChI is InChI=1S/C24H25FN4O3/c25-19-15-16(5-8-21(19)28-11-13-32-14-12-28)26-23(30)10-9-22-27-20-4-2-1-3-18(20)24(31)29(22)17-6-7-17/h1-5,8,15,17H,6-7,9-14H2,(H,26,30). The molecule has 0 spiro atoms. The van der Waals surface area contributed by atoms with Gasteiger partial charge in [-0.25, -0.2) is 9.37 Å². The summed E-state index contributed by atoms with van der Waals surface area (Å²) in [6.45, 7) is 2.44. The van der Waals surface area contributed by atoms with Gasteiger partial charge in [-0.05, 0) is 43.2 Å². The van der Waals surface area contributed by atoms with Crippen LogP contribution in [0.4, 0.5) is 15.8 Å². The molecular weight excluding hydrogens is 411 g/mol. The number of hydrogen-bond donors (Lipinski definition) is 1. The number of hydrogen-bond acceptors (Lipinski definition) is 5. The minimum atomic E-state index is -0.372. The van der Waals surface area contributed by atoms with E-state index in [-0.39, 0.29) is 29.7 Å². The molecule has 5 rings (SSSR count). The van der Waals surface area contributed by atoms with E-state index in [9.17, 15) is 14.0 Å². The third-order valence-corrected chi connectivity index (χ3v) is 5.95. The molecule has 1 aliphatic carbocycles. The highest BCUT2D eigenvalue weighted by Crippen LogP contribution is 2.35. The average molecular weight is 436 g/mol. The first-order chi connectivity index (χ1) is 15.6. The van der Waals surface area contributed by atoms with Gasteiger partial charge >= 0.3 is 0 Å². The van der Waals surface area contributed by atoms with Crippen LogP contribution in [0.15, 0.2) is 47.3 Å². The highest BCUT2D eigenvalue weighted by Gasteiger charge is 2.28. The van der Waals surface area contributed by atoms with Crippen LogP contribution in [-0.4, -0.2) is 41.8 Å². The number of benzene rings is 2. The molecule has 1 aromatic heterocycles.